The lowest BCUT2D eigenvalue weighted by molar-refractivity contribution is -0.156. The number of hydrogen-bond acceptors (Lipinski definition) is 6. The van der Waals surface area contributed by atoms with Gasteiger partial charge in [0.25, 0.3) is 0 Å². The number of rotatable bonds is 0. The highest BCUT2D eigenvalue weighted by molar-refractivity contribution is 5.99. The van der Waals surface area contributed by atoms with Gasteiger partial charge in [-0.25, -0.2) is 0 Å². The molecule has 6 aliphatic rings. The van der Waals surface area contributed by atoms with E-state index in [0.717, 1.165) is 12.8 Å². The number of carbonyl (C=O) groups is 4. The van der Waals surface area contributed by atoms with Gasteiger partial charge < -0.3 is 9.47 Å². The first-order chi connectivity index (χ1) is 10.6. The fraction of sp³-hybridized carbons (Fsp3) is 0.750. The monoisotopic (exact) mass is 302 g/mol. The minimum Gasteiger partial charge on any atom is -0.393 e. The van der Waals surface area contributed by atoms with Crippen LogP contribution in [-0.4, -0.2) is 23.9 Å². The van der Waals surface area contributed by atoms with E-state index in [-0.39, 0.29) is 83.1 Å². The Bertz CT molecular complexity index is 572. The maximum absolute atomic E-state index is 12.0. The maximum atomic E-state index is 12.0. The van der Waals surface area contributed by atoms with Crippen molar-refractivity contribution in [2.75, 3.05) is 0 Å². The highest BCUT2D eigenvalue weighted by Gasteiger charge is 2.77. The molecule has 4 aliphatic carbocycles. The zero-order valence-corrected chi connectivity index (χ0v) is 11.6. The molecular formula is C16H14O6. The molecular weight excluding hydrogens is 288 g/mol. The Morgan fingerprint density at radius 2 is 0.818 bits per heavy atom. The van der Waals surface area contributed by atoms with Gasteiger partial charge in [0.05, 0.1) is 23.7 Å². The van der Waals surface area contributed by atoms with Crippen LogP contribution in [-0.2, 0) is 28.7 Å². The lowest BCUT2D eigenvalue weighted by Crippen LogP contribution is -2.45. The van der Waals surface area contributed by atoms with E-state index >= 15 is 0 Å². The molecule has 9 unspecified atom stereocenters. The van der Waals surface area contributed by atoms with Crippen molar-refractivity contribution in [2.24, 2.45) is 59.2 Å². The van der Waals surface area contributed by atoms with Crippen LogP contribution in [0.3, 0.4) is 0 Å². The number of carbonyl (C=O) groups excluding carboxylic acids is 4. The third kappa shape index (κ3) is 0.989. The number of fused-ring (bicyclic) bond motifs is 15. The van der Waals surface area contributed by atoms with Crippen molar-refractivity contribution in [1.29, 1.82) is 0 Å². The van der Waals surface area contributed by atoms with Crippen molar-refractivity contribution in [3.05, 3.63) is 0 Å². The average molecular weight is 302 g/mol. The van der Waals surface area contributed by atoms with Crippen molar-refractivity contribution in [3.63, 3.8) is 0 Å². The molecule has 22 heavy (non-hydrogen) atoms. The molecule has 6 heteroatoms. The summed E-state index contributed by atoms with van der Waals surface area (Å²) in [6.07, 6.45) is 1.75. The Balaban J connectivity index is 1.46. The minimum atomic E-state index is -0.370. The van der Waals surface area contributed by atoms with Gasteiger partial charge in [0, 0.05) is 0 Å². The summed E-state index contributed by atoms with van der Waals surface area (Å²) in [5.41, 5.74) is 0. The van der Waals surface area contributed by atoms with Crippen molar-refractivity contribution >= 4 is 23.9 Å². The summed E-state index contributed by atoms with van der Waals surface area (Å²) < 4.78 is 9.73. The summed E-state index contributed by atoms with van der Waals surface area (Å²) in [6, 6.07) is 0. The Hall–Kier alpha value is -1.72. The molecule has 6 rings (SSSR count). The summed E-state index contributed by atoms with van der Waals surface area (Å²) >= 11 is 0. The van der Waals surface area contributed by atoms with E-state index < -0.39 is 0 Å². The van der Waals surface area contributed by atoms with Crippen LogP contribution in [0.25, 0.3) is 0 Å². The second-order valence-electron chi connectivity index (χ2n) is 7.86. The van der Waals surface area contributed by atoms with E-state index in [2.05, 4.69) is 0 Å². The van der Waals surface area contributed by atoms with Gasteiger partial charge in [0.2, 0.25) is 0 Å². The lowest BCUT2D eigenvalue weighted by Gasteiger charge is -2.40. The fourth-order valence-electron chi connectivity index (χ4n) is 7.40. The molecule has 2 heterocycles. The van der Waals surface area contributed by atoms with Crippen LogP contribution in [0.5, 0.6) is 0 Å². The largest absolute Gasteiger partial charge is 0.393 e. The zero-order valence-electron chi connectivity index (χ0n) is 11.6. The molecule has 0 N–H and O–H groups in total. The predicted octanol–water partition coefficient (Wildman–Crippen LogP) is 0.150. The van der Waals surface area contributed by atoms with Gasteiger partial charge in [0.15, 0.2) is 0 Å². The summed E-state index contributed by atoms with van der Waals surface area (Å²) in [5, 5.41) is 0. The van der Waals surface area contributed by atoms with Crippen LogP contribution in [0.2, 0.25) is 0 Å². The first-order valence-corrected chi connectivity index (χ1v) is 8.09. The molecule has 0 aromatic heterocycles. The molecule has 4 bridgehead atoms. The third-order valence-corrected chi connectivity index (χ3v) is 7.62. The summed E-state index contributed by atoms with van der Waals surface area (Å²) in [4.78, 5) is 48.0. The Morgan fingerprint density at radius 3 is 1.09 bits per heavy atom. The molecule has 6 nitrogen and oxygen atoms in total. The van der Waals surface area contributed by atoms with Crippen molar-refractivity contribution in [3.8, 4) is 0 Å². The van der Waals surface area contributed by atoms with Crippen LogP contribution in [0.4, 0.5) is 0 Å². The molecule has 6 fully saturated rings. The van der Waals surface area contributed by atoms with Gasteiger partial charge >= 0.3 is 23.9 Å². The van der Waals surface area contributed by atoms with Crippen LogP contribution in [0.15, 0.2) is 0 Å². The summed E-state index contributed by atoms with van der Waals surface area (Å²) in [5.74, 6) is -1.51. The van der Waals surface area contributed by atoms with E-state index in [1.165, 1.54) is 0 Å². The van der Waals surface area contributed by atoms with Crippen molar-refractivity contribution < 1.29 is 28.7 Å². The third-order valence-electron chi connectivity index (χ3n) is 7.62. The maximum Gasteiger partial charge on any atom is 0.317 e. The summed E-state index contributed by atoms with van der Waals surface area (Å²) in [6.45, 7) is 0. The number of cyclic esters (lactones) is 4. The van der Waals surface area contributed by atoms with Crippen LogP contribution < -0.4 is 0 Å². The second kappa shape index (κ2) is 3.29. The Kier molecular flexibility index (Phi) is 1.76. The molecule has 0 spiro atoms. The van der Waals surface area contributed by atoms with Gasteiger partial charge in [-0.2, -0.15) is 0 Å². The number of ether oxygens (including phenoxy) is 2. The van der Waals surface area contributed by atoms with Gasteiger partial charge in [0.1, 0.15) is 0 Å². The van der Waals surface area contributed by atoms with Crippen LogP contribution in [0.1, 0.15) is 12.8 Å². The first-order valence-electron chi connectivity index (χ1n) is 8.09. The predicted molar refractivity (Wildman–Crippen MR) is 66.3 cm³/mol. The van der Waals surface area contributed by atoms with E-state index in [4.69, 9.17) is 9.47 Å². The molecule has 10 atom stereocenters. The molecule has 0 aromatic rings. The quantitative estimate of drug-likeness (QED) is 0.360. The molecule has 114 valence electrons. The Labute approximate surface area is 125 Å². The van der Waals surface area contributed by atoms with Gasteiger partial charge in [-0.15, -0.1) is 0 Å². The molecule has 2 saturated heterocycles. The van der Waals surface area contributed by atoms with E-state index in [9.17, 15) is 19.2 Å². The molecule has 4 saturated carbocycles. The zero-order chi connectivity index (χ0) is 14.9. The highest BCUT2D eigenvalue weighted by atomic mass is 16.6. The van der Waals surface area contributed by atoms with E-state index in [1.807, 2.05) is 0 Å². The SMILES string of the molecule is O=C1OC(=O)C2C3CC(C12)C1C2CC(C31)[C@H]1C(=O)OC(=O)C21. The molecule has 2 aliphatic heterocycles. The summed E-state index contributed by atoms with van der Waals surface area (Å²) in [7, 11) is 0. The molecule has 0 aromatic carbocycles. The normalized spacial score (nSPS) is 59.6. The van der Waals surface area contributed by atoms with Crippen molar-refractivity contribution in [2.45, 2.75) is 12.8 Å². The molecule has 0 amide bonds. The topological polar surface area (TPSA) is 86.7 Å². The Morgan fingerprint density at radius 1 is 0.545 bits per heavy atom. The first kappa shape index (κ1) is 11.8. The lowest BCUT2D eigenvalue weighted by atomic mass is 9.59. The van der Waals surface area contributed by atoms with Crippen molar-refractivity contribution in [1.82, 2.24) is 0 Å². The van der Waals surface area contributed by atoms with Crippen LogP contribution >= 0.6 is 0 Å². The molecule has 0 radical (unpaired) electrons. The smallest absolute Gasteiger partial charge is 0.317 e. The average Bonchev–Trinajstić information content (AvgIpc) is 3.21. The van der Waals surface area contributed by atoms with Gasteiger partial charge in [-0.05, 0) is 48.3 Å². The van der Waals surface area contributed by atoms with Gasteiger partial charge in [-0.3, -0.25) is 19.2 Å². The fourth-order valence-corrected chi connectivity index (χ4v) is 7.40. The second-order valence-corrected chi connectivity index (χ2v) is 7.86. The van der Waals surface area contributed by atoms with E-state index in [0.29, 0.717) is 0 Å². The van der Waals surface area contributed by atoms with Gasteiger partial charge in [-0.1, -0.05) is 0 Å². The number of hydrogen-bond donors (Lipinski definition) is 0. The van der Waals surface area contributed by atoms with E-state index in [1.54, 1.807) is 0 Å². The highest BCUT2D eigenvalue weighted by Crippen LogP contribution is 2.74. The van der Waals surface area contributed by atoms with Crippen LogP contribution in [0, 0.1) is 59.2 Å². The standard InChI is InChI=1S/C16H14O6/c17-13-9-3-1-4(10(9)14(18)21-13)8-6-2-5(7(3)8)11-12(6)16(20)22-15(11)19/h3-12H,1-2H2/t3?,4?,5?,6?,7?,8?,9-,10?,11?,12?/m1/s1. The number of esters is 4. The minimum absolute atomic E-state index is 0.151.